The molecule has 8 heteroatoms. The number of hydrogen-bond donors (Lipinski definition) is 0. The third-order valence-corrected chi connectivity index (χ3v) is 7.15. The van der Waals surface area contributed by atoms with Crippen molar-refractivity contribution in [1.82, 2.24) is 9.80 Å². The van der Waals surface area contributed by atoms with Crippen LogP contribution in [0.4, 0.5) is 17.6 Å². The minimum Gasteiger partial charge on any atom is -0.496 e. The maximum Gasteiger partial charge on any atom is 0.416 e. The highest BCUT2D eigenvalue weighted by Crippen LogP contribution is 2.38. The molecule has 1 heterocycles. The monoisotopic (exact) mass is 528 g/mol. The van der Waals surface area contributed by atoms with Crippen LogP contribution in [0.2, 0.25) is 0 Å². The minimum absolute atomic E-state index is 0.111. The number of rotatable bonds is 8. The van der Waals surface area contributed by atoms with Crippen LogP contribution in [0.5, 0.6) is 5.75 Å². The first-order valence-corrected chi connectivity index (χ1v) is 12.6. The lowest BCUT2D eigenvalue weighted by atomic mass is 9.87. The second kappa shape index (κ2) is 11.6. The van der Waals surface area contributed by atoms with E-state index in [4.69, 9.17) is 4.74 Å². The third kappa shape index (κ3) is 6.35. The summed E-state index contributed by atoms with van der Waals surface area (Å²) in [6.45, 7) is 5.88. The van der Waals surface area contributed by atoms with Gasteiger partial charge in [0.2, 0.25) is 0 Å². The lowest BCUT2D eigenvalue weighted by molar-refractivity contribution is -0.137. The third-order valence-electron chi connectivity index (χ3n) is 7.15. The Morgan fingerprint density at radius 3 is 2.39 bits per heavy atom. The first-order chi connectivity index (χ1) is 18.1. The smallest absolute Gasteiger partial charge is 0.416 e. The van der Waals surface area contributed by atoms with E-state index in [1.54, 1.807) is 18.1 Å². The van der Waals surface area contributed by atoms with Crippen LogP contribution in [-0.4, -0.2) is 48.5 Å². The van der Waals surface area contributed by atoms with Gasteiger partial charge < -0.3 is 9.64 Å². The predicted molar refractivity (Wildman–Crippen MR) is 139 cm³/mol. The summed E-state index contributed by atoms with van der Waals surface area (Å²) in [6.07, 6.45) is -4.44. The lowest BCUT2D eigenvalue weighted by Crippen LogP contribution is -2.42. The topological polar surface area (TPSA) is 32.8 Å². The highest BCUT2D eigenvalue weighted by atomic mass is 19.4. The van der Waals surface area contributed by atoms with Crippen molar-refractivity contribution in [3.8, 4) is 5.75 Å². The molecule has 4 rings (SSSR count). The molecule has 3 aromatic carbocycles. The van der Waals surface area contributed by atoms with Gasteiger partial charge in [0, 0.05) is 49.3 Å². The summed E-state index contributed by atoms with van der Waals surface area (Å²) in [4.78, 5) is 17.3. The molecular formula is C30H32F4N2O2. The average molecular weight is 529 g/mol. The van der Waals surface area contributed by atoms with Crippen molar-refractivity contribution in [2.45, 2.75) is 38.5 Å². The van der Waals surface area contributed by atoms with Crippen LogP contribution in [0.3, 0.4) is 0 Å². The number of ether oxygens (including phenoxy) is 1. The molecule has 1 aliphatic rings. The zero-order valence-corrected chi connectivity index (χ0v) is 21.7. The van der Waals surface area contributed by atoms with E-state index in [9.17, 15) is 22.4 Å². The molecule has 0 aromatic heterocycles. The van der Waals surface area contributed by atoms with Crippen LogP contribution in [0.1, 0.15) is 46.8 Å². The van der Waals surface area contributed by atoms with Crippen LogP contribution in [0, 0.1) is 11.7 Å². The van der Waals surface area contributed by atoms with Gasteiger partial charge in [0.15, 0.2) is 0 Å². The molecule has 1 amide bonds. The Hall–Kier alpha value is -3.39. The number of halogens is 4. The van der Waals surface area contributed by atoms with Crippen molar-refractivity contribution < 1.29 is 27.1 Å². The zero-order chi connectivity index (χ0) is 27.4. The van der Waals surface area contributed by atoms with Gasteiger partial charge >= 0.3 is 6.18 Å². The summed E-state index contributed by atoms with van der Waals surface area (Å²) in [5, 5.41) is 0. The lowest BCUT2D eigenvalue weighted by Gasteiger charge is -2.32. The van der Waals surface area contributed by atoms with Gasteiger partial charge in [-0.2, -0.15) is 13.2 Å². The van der Waals surface area contributed by atoms with Gasteiger partial charge in [-0.1, -0.05) is 36.4 Å². The first-order valence-electron chi connectivity index (χ1n) is 12.6. The number of carbonyl (C=O) groups excluding carboxylic acids is 1. The number of nitrogens with zero attached hydrogens (tertiary/aromatic N) is 2. The molecule has 0 spiro atoms. The van der Waals surface area contributed by atoms with Crippen LogP contribution in [0.15, 0.2) is 72.8 Å². The van der Waals surface area contributed by atoms with E-state index in [-0.39, 0.29) is 23.8 Å². The Morgan fingerprint density at radius 2 is 1.74 bits per heavy atom. The van der Waals surface area contributed by atoms with Crippen molar-refractivity contribution >= 4 is 5.91 Å². The summed E-state index contributed by atoms with van der Waals surface area (Å²) in [6, 6.07) is 18.4. The molecule has 2 atom stereocenters. The van der Waals surface area contributed by atoms with Crippen molar-refractivity contribution in [2.75, 3.05) is 26.7 Å². The van der Waals surface area contributed by atoms with Gasteiger partial charge in [0.1, 0.15) is 11.6 Å². The van der Waals surface area contributed by atoms with Gasteiger partial charge in [0.05, 0.1) is 12.7 Å². The van der Waals surface area contributed by atoms with E-state index < -0.39 is 17.6 Å². The van der Waals surface area contributed by atoms with Crippen LogP contribution in [-0.2, 0) is 12.7 Å². The molecule has 1 saturated heterocycles. The van der Waals surface area contributed by atoms with Crippen LogP contribution < -0.4 is 4.74 Å². The maximum atomic E-state index is 13.5. The van der Waals surface area contributed by atoms with Gasteiger partial charge in [-0.15, -0.1) is 0 Å². The SMILES string of the molecule is COc1ccccc1CN1C[C@@H](CN(C(=O)c2ccc(F)cc2)C(C)C)[C@@H](c2cccc(C(F)(F)F)c2)C1. The van der Waals surface area contributed by atoms with E-state index in [0.29, 0.717) is 37.3 Å². The van der Waals surface area contributed by atoms with Crippen molar-refractivity contribution in [2.24, 2.45) is 5.92 Å². The number of hydrogen-bond acceptors (Lipinski definition) is 3. The van der Waals surface area contributed by atoms with E-state index in [1.807, 2.05) is 38.1 Å². The molecule has 3 aromatic rings. The van der Waals surface area contributed by atoms with Crippen molar-refractivity contribution in [3.63, 3.8) is 0 Å². The number of alkyl halides is 3. The largest absolute Gasteiger partial charge is 0.496 e. The van der Waals surface area contributed by atoms with Crippen molar-refractivity contribution in [3.05, 3.63) is 101 Å². The second-order valence-electron chi connectivity index (χ2n) is 10.1. The summed E-state index contributed by atoms with van der Waals surface area (Å²) in [7, 11) is 1.61. The summed E-state index contributed by atoms with van der Waals surface area (Å²) < 4.78 is 59.6. The van der Waals surface area contributed by atoms with Crippen LogP contribution >= 0.6 is 0 Å². The second-order valence-corrected chi connectivity index (χ2v) is 10.1. The molecule has 0 saturated carbocycles. The molecule has 1 aliphatic heterocycles. The van der Waals surface area contributed by atoms with Gasteiger partial charge in [-0.25, -0.2) is 4.39 Å². The summed E-state index contributed by atoms with van der Waals surface area (Å²) in [5.74, 6) is -0.230. The Kier molecular flexibility index (Phi) is 8.41. The number of carbonyl (C=O) groups is 1. The molecule has 0 bridgehead atoms. The van der Waals surface area contributed by atoms with Crippen molar-refractivity contribution in [1.29, 1.82) is 0 Å². The Balaban J connectivity index is 1.64. The molecule has 202 valence electrons. The van der Waals surface area contributed by atoms with Crippen LogP contribution in [0.25, 0.3) is 0 Å². The number of benzene rings is 3. The standard InChI is InChI=1S/C30H32F4N2O2/c1-20(2)36(29(37)21-11-13-26(31)14-12-21)18-24-17-35(16-23-7-4-5-10-28(23)38-3)19-27(24)22-8-6-9-25(15-22)30(32,33)34/h4-15,20,24,27H,16-19H2,1-3H3/t24-,27+/m0/s1. The molecule has 0 radical (unpaired) electrons. The Morgan fingerprint density at radius 1 is 1.03 bits per heavy atom. The van der Waals surface area contributed by atoms with E-state index in [2.05, 4.69) is 4.90 Å². The molecule has 0 aliphatic carbocycles. The zero-order valence-electron chi connectivity index (χ0n) is 21.7. The predicted octanol–water partition coefficient (Wildman–Crippen LogP) is 6.62. The number of amides is 1. The molecular weight excluding hydrogens is 496 g/mol. The average Bonchev–Trinajstić information content (AvgIpc) is 3.29. The molecule has 1 fully saturated rings. The summed E-state index contributed by atoms with van der Waals surface area (Å²) in [5.41, 5.74) is 1.28. The van der Waals surface area contributed by atoms with E-state index >= 15 is 0 Å². The molecule has 0 N–H and O–H groups in total. The maximum absolute atomic E-state index is 13.5. The number of para-hydroxylation sites is 1. The molecule has 4 nitrogen and oxygen atoms in total. The highest BCUT2D eigenvalue weighted by molar-refractivity contribution is 5.94. The quantitative estimate of drug-likeness (QED) is 0.308. The Bertz CT molecular complexity index is 1240. The highest BCUT2D eigenvalue weighted by Gasteiger charge is 2.38. The number of likely N-dealkylation sites (tertiary alicyclic amines) is 1. The fourth-order valence-electron chi connectivity index (χ4n) is 5.21. The Labute approximate surface area is 220 Å². The molecule has 0 unspecified atom stereocenters. The fraction of sp³-hybridized carbons (Fsp3) is 0.367. The van der Waals surface area contributed by atoms with Gasteiger partial charge in [-0.3, -0.25) is 9.69 Å². The van der Waals surface area contributed by atoms with Gasteiger partial charge in [-0.05, 0) is 61.7 Å². The summed E-state index contributed by atoms with van der Waals surface area (Å²) >= 11 is 0. The van der Waals surface area contributed by atoms with E-state index in [1.165, 1.54) is 36.4 Å². The fourth-order valence-corrected chi connectivity index (χ4v) is 5.21. The molecule has 38 heavy (non-hydrogen) atoms. The van der Waals surface area contributed by atoms with Gasteiger partial charge in [0.25, 0.3) is 5.91 Å². The number of methoxy groups -OCH3 is 1. The minimum atomic E-state index is -4.44. The first kappa shape index (κ1) is 27.6. The van der Waals surface area contributed by atoms with E-state index in [0.717, 1.165) is 17.4 Å². The normalized spacial score (nSPS) is 18.1.